The van der Waals surface area contributed by atoms with Gasteiger partial charge in [-0.3, -0.25) is 0 Å². The van der Waals surface area contributed by atoms with Crippen molar-refractivity contribution in [1.82, 2.24) is 4.98 Å². The number of aromatic nitrogens is 1. The zero-order chi connectivity index (χ0) is 16.6. The maximum absolute atomic E-state index is 10.5. The first-order valence-electron chi connectivity index (χ1n) is 8.43. The molecule has 4 heteroatoms. The molecule has 0 bridgehead atoms. The molecule has 1 aliphatic heterocycles. The number of aryl methyl sites for hydroxylation is 1. The molecule has 23 heavy (non-hydrogen) atoms. The molecule has 2 aromatic rings. The van der Waals surface area contributed by atoms with Gasteiger partial charge in [0, 0.05) is 30.0 Å². The molecular formula is C19H26N2O2. The fourth-order valence-corrected chi connectivity index (χ4v) is 3.58. The van der Waals surface area contributed by atoms with E-state index in [4.69, 9.17) is 4.98 Å². The summed E-state index contributed by atoms with van der Waals surface area (Å²) in [6.45, 7) is 7.64. The smallest absolute Gasteiger partial charge is 0.134 e. The fraction of sp³-hybridized carbons (Fsp3) is 0.526. The standard InChI is InChI=1S/C19H26N2O2/c1-4-16-11-21(8-7-19(16,3)23)18-15(12-22)10-14-6-5-13(2)9-17(14)20-18/h5-6,9-10,16,22-23H,4,7-8,11-12H2,1-3H3/t16-,19+/m0/s1. The number of fused-ring (bicyclic) bond motifs is 1. The van der Waals surface area contributed by atoms with E-state index in [0.29, 0.717) is 0 Å². The van der Waals surface area contributed by atoms with Crippen molar-refractivity contribution < 1.29 is 10.2 Å². The molecular weight excluding hydrogens is 288 g/mol. The van der Waals surface area contributed by atoms with Crippen LogP contribution in [-0.4, -0.2) is 33.9 Å². The maximum atomic E-state index is 10.5. The van der Waals surface area contributed by atoms with Crippen LogP contribution >= 0.6 is 0 Å². The highest BCUT2D eigenvalue weighted by Crippen LogP contribution is 2.34. The van der Waals surface area contributed by atoms with Crippen LogP contribution < -0.4 is 4.90 Å². The van der Waals surface area contributed by atoms with E-state index in [-0.39, 0.29) is 12.5 Å². The Labute approximate surface area is 137 Å². The Morgan fingerprint density at radius 3 is 2.83 bits per heavy atom. The molecule has 2 N–H and O–H groups in total. The van der Waals surface area contributed by atoms with E-state index >= 15 is 0 Å². The Hall–Kier alpha value is -1.65. The number of rotatable bonds is 3. The number of benzene rings is 1. The van der Waals surface area contributed by atoms with Crippen molar-refractivity contribution in [3.05, 3.63) is 35.4 Å². The fourth-order valence-electron chi connectivity index (χ4n) is 3.58. The highest BCUT2D eigenvalue weighted by Gasteiger charge is 2.37. The van der Waals surface area contributed by atoms with Crippen molar-refractivity contribution in [2.24, 2.45) is 5.92 Å². The minimum atomic E-state index is -0.613. The summed E-state index contributed by atoms with van der Waals surface area (Å²) in [5, 5.41) is 21.4. The van der Waals surface area contributed by atoms with Crippen molar-refractivity contribution >= 4 is 16.7 Å². The Bertz CT molecular complexity index is 712. The molecule has 2 heterocycles. The van der Waals surface area contributed by atoms with Crippen molar-refractivity contribution in [1.29, 1.82) is 0 Å². The highest BCUT2D eigenvalue weighted by molar-refractivity contribution is 5.82. The topological polar surface area (TPSA) is 56.6 Å². The Balaban J connectivity index is 2.01. The van der Waals surface area contributed by atoms with E-state index in [1.54, 1.807) is 0 Å². The summed E-state index contributed by atoms with van der Waals surface area (Å²) in [5.41, 5.74) is 2.39. The molecule has 0 amide bonds. The van der Waals surface area contributed by atoms with Crippen LogP contribution in [0.1, 0.15) is 37.8 Å². The van der Waals surface area contributed by atoms with Gasteiger partial charge in [0.15, 0.2) is 0 Å². The van der Waals surface area contributed by atoms with Gasteiger partial charge in [-0.15, -0.1) is 0 Å². The van der Waals surface area contributed by atoms with Gasteiger partial charge in [0.25, 0.3) is 0 Å². The summed E-state index contributed by atoms with van der Waals surface area (Å²) >= 11 is 0. The molecule has 4 nitrogen and oxygen atoms in total. The molecule has 3 rings (SSSR count). The first-order valence-corrected chi connectivity index (χ1v) is 8.43. The average Bonchev–Trinajstić information content (AvgIpc) is 2.53. The molecule has 0 saturated carbocycles. The van der Waals surface area contributed by atoms with Crippen LogP contribution in [0.15, 0.2) is 24.3 Å². The van der Waals surface area contributed by atoms with Crippen molar-refractivity contribution in [3.63, 3.8) is 0 Å². The number of aliphatic hydroxyl groups is 2. The zero-order valence-electron chi connectivity index (χ0n) is 14.2. The van der Waals surface area contributed by atoms with Gasteiger partial charge in [0.2, 0.25) is 0 Å². The monoisotopic (exact) mass is 314 g/mol. The number of nitrogens with zero attached hydrogens (tertiary/aromatic N) is 2. The first kappa shape index (κ1) is 16.2. The van der Waals surface area contributed by atoms with Crippen LogP contribution in [0.3, 0.4) is 0 Å². The number of anilines is 1. The molecule has 1 saturated heterocycles. The Kier molecular flexibility index (Phi) is 4.30. The van der Waals surface area contributed by atoms with Gasteiger partial charge in [0.05, 0.1) is 17.7 Å². The van der Waals surface area contributed by atoms with E-state index in [1.165, 1.54) is 5.56 Å². The average molecular weight is 314 g/mol. The first-order chi connectivity index (χ1) is 10.9. The van der Waals surface area contributed by atoms with Gasteiger partial charge in [0.1, 0.15) is 5.82 Å². The van der Waals surface area contributed by atoms with E-state index < -0.39 is 5.60 Å². The number of piperidine rings is 1. The second-order valence-electron chi connectivity index (χ2n) is 6.98. The van der Waals surface area contributed by atoms with Gasteiger partial charge in [-0.25, -0.2) is 4.98 Å². The molecule has 0 unspecified atom stereocenters. The third kappa shape index (κ3) is 3.06. The summed E-state index contributed by atoms with van der Waals surface area (Å²) in [6.07, 6.45) is 1.66. The lowest BCUT2D eigenvalue weighted by atomic mass is 9.81. The number of aliphatic hydroxyl groups excluding tert-OH is 1. The van der Waals surface area contributed by atoms with Crippen LogP contribution in [0.4, 0.5) is 5.82 Å². The van der Waals surface area contributed by atoms with Crippen molar-refractivity contribution in [2.45, 2.75) is 45.8 Å². The lowest BCUT2D eigenvalue weighted by Crippen LogP contribution is -2.50. The number of hydrogen-bond donors (Lipinski definition) is 2. The third-order valence-electron chi connectivity index (χ3n) is 5.20. The van der Waals surface area contributed by atoms with Gasteiger partial charge in [-0.1, -0.05) is 19.1 Å². The second kappa shape index (κ2) is 6.10. The van der Waals surface area contributed by atoms with E-state index in [9.17, 15) is 10.2 Å². The molecule has 124 valence electrons. The summed E-state index contributed by atoms with van der Waals surface area (Å²) in [4.78, 5) is 7.05. The number of hydrogen-bond acceptors (Lipinski definition) is 4. The maximum Gasteiger partial charge on any atom is 0.134 e. The summed E-state index contributed by atoms with van der Waals surface area (Å²) < 4.78 is 0. The van der Waals surface area contributed by atoms with Crippen LogP contribution in [0.25, 0.3) is 10.9 Å². The lowest BCUT2D eigenvalue weighted by molar-refractivity contribution is -0.0184. The normalized spacial score (nSPS) is 25.1. The van der Waals surface area contributed by atoms with Gasteiger partial charge in [-0.2, -0.15) is 0 Å². The third-order valence-corrected chi connectivity index (χ3v) is 5.20. The molecule has 1 aromatic heterocycles. The Morgan fingerprint density at radius 1 is 1.35 bits per heavy atom. The highest BCUT2D eigenvalue weighted by atomic mass is 16.3. The summed E-state index contributed by atoms with van der Waals surface area (Å²) in [7, 11) is 0. The lowest BCUT2D eigenvalue weighted by Gasteiger charge is -2.43. The van der Waals surface area contributed by atoms with Crippen LogP contribution in [0.2, 0.25) is 0 Å². The Morgan fingerprint density at radius 2 is 2.13 bits per heavy atom. The summed E-state index contributed by atoms with van der Waals surface area (Å²) in [5.74, 6) is 1.08. The molecule has 2 atom stereocenters. The minimum absolute atomic E-state index is 0.0180. The van der Waals surface area contributed by atoms with E-state index in [1.807, 2.05) is 13.0 Å². The van der Waals surface area contributed by atoms with Crippen molar-refractivity contribution in [2.75, 3.05) is 18.0 Å². The van der Waals surface area contributed by atoms with Crippen LogP contribution in [-0.2, 0) is 6.61 Å². The van der Waals surface area contributed by atoms with Crippen LogP contribution in [0, 0.1) is 12.8 Å². The van der Waals surface area contributed by atoms with Gasteiger partial charge >= 0.3 is 0 Å². The summed E-state index contributed by atoms with van der Waals surface area (Å²) in [6, 6.07) is 8.23. The predicted octanol–water partition coefficient (Wildman–Crippen LogP) is 3.02. The molecule has 0 aliphatic carbocycles. The quantitative estimate of drug-likeness (QED) is 0.914. The largest absolute Gasteiger partial charge is 0.392 e. The number of pyridine rings is 1. The van der Waals surface area contributed by atoms with Gasteiger partial charge < -0.3 is 15.1 Å². The van der Waals surface area contributed by atoms with Gasteiger partial charge in [-0.05, 0) is 44.4 Å². The minimum Gasteiger partial charge on any atom is -0.392 e. The molecule has 0 radical (unpaired) electrons. The van der Waals surface area contributed by atoms with Crippen LogP contribution in [0.5, 0.6) is 0 Å². The van der Waals surface area contributed by atoms with E-state index in [0.717, 1.165) is 48.2 Å². The molecule has 1 fully saturated rings. The molecule has 0 spiro atoms. The second-order valence-corrected chi connectivity index (χ2v) is 6.98. The predicted molar refractivity (Wildman–Crippen MR) is 93.6 cm³/mol. The van der Waals surface area contributed by atoms with Crippen molar-refractivity contribution in [3.8, 4) is 0 Å². The zero-order valence-corrected chi connectivity index (χ0v) is 14.2. The molecule has 1 aliphatic rings. The van der Waals surface area contributed by atoms with E-state index in [2.05, 4.69) is 36.9 Å². The molecule has 1 aromatic carbocycles. The SMILES string of the molecule is CC[C@H]1CN(c2nc3cc(C)ccc3cc2CO)CC[C@@]1(C)O.